The van der Waals surface area contributed by atoms with E-state index in [1.807, 2.05) is 29.9 Å². The standard InChI is InChI=1S/C20H23N5O/c1-14-4-3-7-25(14)12-20(26)23-19-9-17-8-15(5-6-16(17)10-22-19)18-11-21-13-24(18)2/h5-6,8-11,13-14H,3-4,7,12H2,1-2H3,(H,22,23,26)/t14-/m1/s1. The molecule has 4 rings (SSSR count). The number of imidazole rings is 1. The Hall–Kier alpha value is -2.73. The SMILES string of the molecule is C[C@@H]1CCCN1CC(=O)Nc1cc2cc(-c3cncn3C)ccc2cn1. The van der Waals surface area contributed by atoms with Crippen LogP contribution in [0.15, 0.2) is 43.0 Å². The van der Waals surface area contributed by atoms with E-state index in [1.54, 1.807) is 12.5 Å². The fraction of sp³-hybridized carbons (Fsp3) is 0.350. The lowest BCUT2D eigenvalue weighted by atomic mass is 10.1. The van der Waals surface area contributed by atoms with Gasteiger partial charge in [-0.05, 0) is 43.8 Å². The average molecular weight is 349 g/mol. The van der Waals surface area contributed by atoms with E-state index < -0.39 is 0 Å². The van der Waals surface area contributed by atoms with Gasteiger partial charge in [0.25, 0.3) is 0 Å². The Morgan fingerprint density at radius 1 is 1.27 bits per heavy atom. The highest BCUT2D eigenvalue weighted by molar-refractivity contribution is 5.94. The highest BCUT2D eigenvalue weighted by atomic mass is 16.2. The number of carbonyl (C=O) groups excluding carboxylic acids is 1. The summed E-state index contributed by atoms with van der Waals surface area (Å²) < 4.78 is 1.99. The van der Waals surface area contributed by atoms with Gasteiger partial charge in [-0.3, -0.25) is 9.69 Å². The number of benzene rings is 1. The molecule has 1 atom stereocenters. The Morgan fingerprint density at radius 3 is 2.88 bits per heavy atom. The van der Waals surface area contributed by atoms with Gasteiger partial charge in [-0.15, -0.1) is 0 Å². The molecule has 1 aliphatic heterocycles. The summed E-state index contributed by atoms with van der Waals surface area (Å²) in [6.07, 6.45) is 7.77. The molecule has 0 saturated carbocycles. The summed E-state index contributed by atoms with van der Waals surface area (Å²) in [4.78, 5) is 23.1. The van der Waals surface area contributed by atoms with Gasteiger partial charge in [0, 0.05) is 30.2 Å². The fourth-order valence-electron chi connectivity index (χ4n) is 3.60. The number of carbonyl (C=O) groups is 1. The molecule has 0 radical (unpaired) electrons. The lowest BCUT2D eigenvalue weighted by molar-refractivity contribution is -0.117. The Bertz CT molecular complexity index is 948. The van der Waals surface area contributed by atoms with Crippen molar-refractivity contribution >= 4 is 22.5 Å². The second-order valence-electron chi connectivity index (χ2n) is 7.03. The molecule has 0 aliphatic carbocycles. The molecule has 1 saturated heterocycles. The predicted octanol–water partition coefficient (Wildman–Crippen LogP) is 3.06. The average Bonchev–Trinajstić information content (AvgIpc) is 3.23. The summed E-state index contributed by atoms with van der Waals surface area (Å²) in [7, 11) is 1.98. The predicted molar refractivity (Wildman–Crippen MR) is 103 cm³/mol. The highest BCUT2D eigenvalue weighted by Crippen LogP contribution is 2.25. The minimum absolute atomic E-state index is 0.00612. The Morgan fingerprint density at radius 2 is 2.15 bits per heavy atom. The number of hydrogen-bond donors (Lipinski definition) is 1. The number of rotatable bonds is 4. The van der Waals surface area contributed by atoms with E-state index in [2.05, 4.69) is 39.2 Å². The number of nitrogens with zero attached hydrogens (tertiary/aromatic N) is 4. The molecule has 2 aromatic heterocycles. The third-order valence-corrected chi connectivity index (χ3v) is 5.14. The van der Waals surface area contributed by atoms with Crippen LogP contribution < -0.4 is 5.32 Å². The van der Waals surface area contributed by atoms with Crippen molar-refractivity contribution in [3.05, 3.63) is 43.0 Å². The van der Waals surface area contributed by atoms with Crippen LogP contribution in [0, 0.1) is 0 Å². The molecular weight excluding hydrogens is 326 g/mol. The first-order valence-electron chi connectivity index (χ1n) is 9.00. The van der Waals surface area contributed by atoms with E-state index >= 15 is 0 Å². The van der Waals surface area contributed by atoms with Crippen molar-refractivity contribution in [3.63, 3.8) is 0 Å². The minimum atomic E-state index is -0.00612. The van der Waals surface area contributed by atoms with Gasteiger partial charge in [-0.25, -0.2) is 9.97 Å². The van der Waals surface area contributed by atoms with Gasteiger partial charge >= 0.3 is 0 Å². The summed E-state index contributed by atoms with van der Waals surface area (Å²) in [5.41, 5.74) is 2.14. The first-order chi connectivity index (χ1) is 12.6. The third-order valence-electron chi connectivity index (χ3n) is 5.14. The third kappa shape index (κ3) is 3.32. The van der Waals surface area contributed by atoms with Crippen LogP contribution in [-0.4, -0.2) is 44.5 Å². The van der Waals surface area contributed by atoms with Gasteiger partial charge in [0.15, 0.2) is 0 Å². The van der Waals surface area contributed by atoms with Crippen molar-refractivity contribution in [2.45, 2.75) is 25.8 Å². The molecule has 1 aliphatic rings. The molecule has 1 aromatic carbocycles. The van der Waals surface area contributed by atoms with Gasteiger partial charge in [-0.1, -0.05) is 12.1 Å². The lowest BCUT2D eigenvalue weighted by Crippen LogP contribution is -2.35. The first kappa shape index (κ1) is 16.7. The number of hydrogen-bond acceptors (Lipinski definition) is 4. The summed E-state index contributed by atoms with van der Waals surface area (Å²) in [5.74, 6) is 0.588. The molecule has 3 heterocycles. The number of aryl methyl sites for hydroxylation is 1. The van der Waals surface area contributed by atoms with Gasteiger partial charge in [0.05, 0.1) is 24.8 Å². The van der Waals surface area contributed by atoms with Gasteiger partial charge < -0.3 is 9.88 Å². The molecule has 3 aromatic rings. The fourth-order valence-corrected chi connectivity index (χ4v) is 3.60. The number of anilines is 1. The Labute approximate surface area is 152 Å². The zero-order chi connectivity index (χ0) is 18.1. The van der Waals surface area contributed by atoms with Crippen LogP contribution in [0.4, 0.5) is 5.82 Å². The number of fused-ring (bicyclic) bond motifs is 1. The van der Waals surface area contributed by atoms with Crippen molar-refractivity contribution in [2.24, 2.45) is 7.05 Å². The first-order valence-corrected chi connectivity index (χ1v) is 9.00. The molecule has 0 spiro atoms. The zero-order valence-corrected chi connectivity index (χ0v) is 15.1. The quantitative estimate of drug-likeness (QED) is 0.786. The van der Waals surface area contributed by atoms with E-state index in [1.165, 1.54) is 6.42 Å². The minimum Gasteiger partial charge on any atom is -0.334 e. The summed E-state index contributed by atoms with van der Waals surface area (Å²) in [6, 6.07) is 8.62. The Kier molecular flexibility index (Phi) is 4.42. The van der Waals surface area contributed by atoms with Crippen LogP contribution in [0.5, 0.6) is 0 Å². The molecule has 1 fully saturated rings. The van der Waals surface area contributed by atoms with Crippen LogP contribution in [0.25, 0.3) is 22.0 Å². The maximum absolute atomic E-state index is 12.3. The van der Waals surface area contributed by atoms with E-state index in [-0.39, 0.29) is 5.91 Å². The monoisotopic (exact) mass is 349 g/mol. The van der Waals surface area contributed by atoms with Crippen LogP contribution in [0.2, 0.25) is 0 Å². The largest absolute Gasteiger partial charge is 0.334 e. The van der Waals surface area contributed by atoms with Crippen molar-refractivity contribution < 1.29 is 4.79 Å². The summed E-state index contributed by atoms with van der Waals surface area (Å²) in [6.45, 7) is 3.60. The van der Waals surface area contributed by atoms with Crippen LogP contribution >= 0.6 is 0 Å². The van der Waals surface area contributed by atoms with Gasteiger partial charge in [-0.2, -0.15) is 0 Å². The van der Waals surface area contributed by atoms with E-state index in [0.29, 0.717) is 18.4 Å². The number of amides is 1. The molecule has 1 N–H and O–H groups in total. The van der Waals surface area contributed by atoms with Crippen molar-refractivity contribution in [1.82, 2.24) is 19.4 Å². The second kappa shape index (κ2) is 6.88. The molecule has 6 heteroatoms. The number of likely N-dealkylation sites (tertiary alicyclic amines) is 1. The van der Waals surface area contributed by atoms with Crippen LogP contribution in [0.1, 0.15) is 19.8 Å². The van der Waals surface area contributed by atoms with Crippen LogP contribution in [0.3, 0.4) is 0 Å². The van der Waals surface area contributed by atoms with Crippen molar-refractivity contribution in [2.75, 3.05) is 18.4 Å². The number of aromatic nitrogens is 3. The molecule has 1 amide bonds. The topological polar surface area (TPSA) is 63.1 Å². The van der Waals surface area contributed by atoms with E-state index in [9.17, 15) is 4.79 Å². The molecule has 134 valence electrons. The normalized spacial score (nSPS) is 17.7. The van der Waals surface area contributed by atoms with E-state index in [4.69, 9.17) is 0 Å². The van der Waals surface area contributed by atoms with E-state index in [0.717, 1.165) is 35.0 Å². The number of nitrogens with one attached hydrogen (secondary N) is 1. The summed E-state index contributed by atoms with van der Waals surface area (Å²) in [5, 5.41) is 5.03. The lowest BCUT2D eigenvalue weighted by Gasteiger charge is -2.19. The second-order valence-corrected chi connectivity index (χ2v) is 7.03. The maximum atomic E-state index is 12.3. The molecular formula is C20H23N5O. The molecule has 26 heavy (non-hydrogen) atoms. The van der Waals surface area contributed by atoms with Gasteiger partial charge in [0.1, 0.15) is 5.82 Å². The van der Waals surface area contributed by atoms with Crippen molar-refractivity contribution in [1.29, 1.82) is 0 Å². The molecule has 0 unspecified atom stereocenters. The summed E-state index contributed by atoms with van der Waals surface area (Å²) >= 11 is 0. The highest BCUT2D eigenvalue weighted by Gasteiger charge is 2.22. The van der Waals surface area contributed by atoms with Crippen molar-refractivity contribution in [3.8, 4) is 11.3 Å². The number of pyridine rings is 1. The maximum Gasteiger partial charge on any atom is 0.239 e. The molecule has 0 bridgehead atoms. The zero-order valence-electron chi connectivity index (χ0n) is 15.1. The smallest absolute Gasteiger partial charge is 0.239 e. The molecule has 6 nitrogen and oxygen atoms in total. The van der Waals surface area contributed by atoms with Gasteiger partial charge in [0.2, 0.25) is 5.91 Å². The Balaban J connectivity index is 1.54. The van der Waals surface area contributed by atoms with Crippen LogP contribution in [-0.2, 0) is 11.8 Å².